The number of urea groups is 2. The van der Waals surface area contributed by atoms with Crippen molar-refractivity contribution >= 4 is 46.6 Å². The molecule has 1 saturated carbocycles. The highest BCUT2D eigenvalue weighted by Gasteiger charge is 2.23. The van der Waals surface area contributed by atoms with E-state index in [-0.39, 0.29) is 24.1 Å². The number of halogens is 2. The van der Waals surface area contributed by atoms with Crippen LogP contribution in [0.25, 0.3) is 0 Å². The minimum absolute atomic E-state index is 0.0877. The molecule has 4 N–H and O–H groups in total. The van der Waals surface area contributed by atoms with Gasteiger partial charge in [0, 0.05) is 33.5 Å². The van der Waals surface area contributed by atoms with Gasteiger partial charge in [-0.1, -0.05) is 23.2 Å². The molecule has 0 unspecified atom stereocenters. The first-order valence-corrected chi connectivity index (χ1v) is 9.90. The summed E-state index contributed by atoms with van der Waals surface area (Å²) in [5.74, 6) is 0. The van der Waals surface area contributed by atoms with Gasteiger partial charge in [0.25, 0.3) is 0 Å². The Hall–Kier alpha value is -2.44. The molecule has 0 atom stereocenters. The van der Waals surface area contributed by atoms with Crippen molar-refractivity contribution in [2.24, 2.45) is 0 Å². The maximum absolute atomic E-state index is 12.1. The van der Waals surface area contributed by atoms with Crippen molar-refractivity contribution in [3.8, 4) is 0 Å². The Morgan fingerprint density at radius 2 is 0.964 bits per heavy atom. The molecule has 2 aromatic carbocycles. The fraction of sp³-hybridized carbons (Fsp3) is 0.300. The number of hydrogen-bond donors (Lipinski definition) is 4. The lowest BCUT2D eigenvalue weighted by Crippen LogP contribution is -2.45. The van der Waals surface area contributed by atoms with Crippen LogP contribution in [0.2, 0.25) is 10.0 Å². The molecule has 0 aliphatic heterocycles. The van der Waals surface area contributed by atoms with Crippen molar-refractivity contribution in [3.05, 3.63) is 58.6 Å². The molecule has 1 aliphatic rings. The third-order valence-electron chi connectivity index (χ3n) is 4.60. The van der Waals surface area contributed by atoms with Gasteiger partial charge in [0.1, 0.15) is 0 Å². The van der Waals surface area contributed by atoms with Crippen LogP contribution in [0, 0.1) is 0 Å². The van der Waals surface area contributed by atoms with Gasteiger partial charge >= 0.3 is 12.1 Å². The lowest BCUT2D eigenvalue weighted by atomic mass is 9.91. The summed E-state index contributed by atoms with van der Waals surface area (Å²) in [6.45, 7) is 0. The predicted molar refractivity (Wildman–Crippen MR) is 113 cm³/mol. The van der Waals surface area contributed by atoms with Crippen molar-refractivity contribution in [3.63, 3.8) is 0 Å². The second-order valence-corrected chi connectivity index (χ2v) is 7.63. The average molecular weight is 421 g/mol. The highest BCUT2D eigenvalue weighted by atomic mass is 35.5. The Morgan fingerprint density at radius 3 is 1.29 bits per heavy atom. The number of benzene rings is 2. The van der Waals surface area contributed by atoms with Gasteiger partial charge in [-0.3, -0.25) is 0 Å². The van der Waals surface area contributed by atoms with Gasteiger partial charge in [0.2, 0.25) is 0 Å². The Bertz CT molecular complexity index is 734. The first-order valence-electron chi connectivity index (χ1n) is 9.14. The van der Waals surface area contributed by atoms with Crippen LogP contribution in [0.5, 0.6) is 0 Å². The summed E-state index contributed by atoms with van der Waals surface area (Å²) in [6.07, 6.45) is 3.22. The number of carbonyl (C=O) groups excluding carboxylic acids is 2. The highest BCUT2D eigenvalue weighted by molar-refractivity contribution is 6.30. The van der Waals surface area contributed by atoms with Crippen LogP contribution in [0.3, 0.4) is 0 Å². The third kappa shape index (κ3) is 6.32. The minimum atomic E-state index is -0.237. The van der Waals surface area contributed by atoms with Crippen molar-refractivity contribution in [2.75, 3.05) is 10.6 Å². The van der Waals surface area contributed by atoms with E-state index < -0.39 is 0 Å². The zero-order chi connectivity index (χ0) is 19.9. The summed E-state index contributed by atoms with van der Waals surface area (Å²) in [6, 6.07) is 13.6. The van der Waals surface area contributed by atoms with Gasteiger partial charge in [0.05, 0.1) is 0 Å². The van der Waals surface area contributed by atoms with Crippen LogP contribution in [-0.4, -0.2) is 24.1 Å². The lowest BCUT2D eigenvalue weighted by molar-refractivity contribution is 0.233. The van der Waals surface area contributed by atoms with E-state index in [9.17, 15) is 9.59 Å². The smallest absolute Gasteiger partial charge is 0.319 e. The zero-order valence-corrected chi connectivity index (χ0v) is 16.7. The number of amides is 4. The van der Waals surface area contributed by atoms with Crippen LogP contribution >= 0.6 is 23.2 Å². The summed E-state index contributed by atoms with van der Waals surface area (Å²) in [5.41, 5.74) is 1.38. The van der Waals surface area contributed by atoms with Gasteiger partial charge < -0.3 is 21.3 Å². The average Bonchev–Trinajstić information content (AvgIpc) is 2.67. The van der Waals surface area contributed by atoms with Crippen LogP contribution in [0.1, 0.15) is 25.7 Å². The molecule has 0 aromatic heterocycles. The number of anilines is 2. The standard InChI is InChI=1S/C20H22Cl2N4O2/c21-13-1-5-15(6-2-13)23-19(27)25-17-9-11-18(12-10-17)26-20(28)24-16-7-3-14(22)4-8-16/h1-8,17-18H,9-12H2,(H2,23,25,27)(H2,24,26,28). The lowest BCUT2D eigenvalue weighted by Gasteiger charge is -2.29. The quantitative estimate of drug-likeness (QED) is 0.544. The molecule has 1 fully saturated rings. The maximum atomic E-state index is 12.1. The molecule has 0 heterocycles. The summed E-state index contributed by atoms with van der Waals surface area (Å²) in [4.78, 5) is 24.2. The Kier molecular flexibility index (Phi) is 7.01. The largest absolute Gasteiger partial charge is 0.335 e. The molecule has 28 heavy (non-hydrogen) atoms. The zero-order valence-electron chi connectivity index (χ0n) is 15.2. The van der Waals surface area contributed by atoms with E-state index in [0.29, 0.717) is 21.4 Å². The van der Waals surface area contributed by atoms with E-state index in [1.165, 1.54) is 0 Å². The summed E-state index contributed by atoms with van der Waals surface area (Å²) >= 11 is 11.7. The first-order chi connectivity index (χ1) is 13.5. The molecule has 148 valence electrons. The maximum Gasteiger partial charge on any atom is 0.319 e. The van der Waals surface area contributed by atoms with Gasteiger partial charge in [0.15, 0.2) is 0 Å². The van der Waals surface area contributed by atoms with Crippen molar-refractivity contribution in [2.45, 2.75) is 37.8 Å². The molecule has 0 radical (unpaired) electrons. The van der Waals surface area contributed by atoms with Gasteiger partial charge in [-0.15, -0.1) is 0 Å². The van der Waals surface area contributed by atoms with E-state index in [1.807, 2.05) is 0 Å². The molecular weight excluding hydrogens is 399 g/mol. The SMILES string of the molecule is O=C(Nc1ccc(Cl)cc1)NC1CCC(NC(=O)Nc2ccc(Cl)cc2)CC1. The van der Waals surface area contributed by atoms with E-state index in [4.69, 9.17) is 23.2 Å². The summed E-state index contributed by atoms with van der Waals surface area (Å²) < 4.78 is 0. The summed E-state index contributed by atoms with van der Waals surface area (Å²) in [5, 5.41) is 12.8. The Morgan fingerprint density at radius 1 is 0.643 bits per heavy atom. The van der Waals surface area contributed by atoms with Crippen molar-refractivity contribution in [1.29, 1.82) is 0 Å². The topological polar surface area (TPSA) is 82.3 Å². The van der Waals surface area contributed by atoms with Gasteiger partial charge in [-0.05, 0) is 74.2 Å². The molecule has 0 bridgehead atoms. The fourth-order valence-corrected chi connectivity index (χ4v) is 3.41. The monoisotopic (exact) mass is 420 g/mol. The highest BCUT2D eigenvalue weighted by Crippen LogP contribution is 2.20. The Labute approximate surface area is 174 Å². The molecule has 1 aliphatic carbocycles. The van der Waals surface area contributed by atoms with E-state index in [0.717, 1.165) is 25.7 Å². The molecule has 0 spiro atoms. The second-order valence-electron chi connectivity index (χ2n) is 6.76. The number of nitrogens with one attached hydrogen (secondary N) is 4. The number of carbonyl (C=O) groups is 2. The first kappa shape index (κ1) is 20.3. The van der Waals surface area contributed by atoms with Crippen LogP contribution < -0.4 is 21.3 Å². The van der Waals surface area contributed by atoms with Crippen LogP contribution in [0.4, 0.5) is 21.0 Å². The van der Waals surface area contributed by atoms with Gasteiger partial charge in [-0.2, -0.15) is 0 Å². The number of hydrogen-bond acceptors (Lipinski definition) is 2. The predicted octanol–water partition coefficient (Wildman–Crippen LogP) is 5.25. The van der Waals surface area contributed by atoms with Crippen molar-refractivity contribution in [1.82, 2.24) is 10.6 Å². The van der Waals surface area contributed by atoms with E-state index in [2.05, 4.69) is 21.3 Å². The van der Waals surface area contributed by atoms with Gasteiger partial charge in [-0.25, -0.2) is 9.59 Å². The molecule has 4 amide bonds. The molecule has 0 saturated heterocycles. The molecule has 6 nitrogen and oxygen atoms in total. The summed E-state index contributed by atoms with van der Waals surface area (Å²) in [7, 11) is 0. The third-order valence-corrected chi connectivity index (χ3v) is 5.11. The molecular formula is C20H22Cl2N4O2. The van der Waals surface area contributed by atoms with E-state index >= 15 is 0 Å². The fourth-order valence-electron chi connectivity index (χ4n) is 3.15. The molecule has 8 heteroatoms. The minimum Gasteiger partial charge on any atom is -0.335 e. The molecule has 3 rings (SSSR count). The van der Waals surface area contributed by atoms with Crippen molar-refractivity contribution < 1.29 is 9.59 Å². The normalized spacial score (nSPS) is 18.8. The van der Waals surface area contributed by atoms with Crippen LogP contribution in [0.15, 0.2) is 48.5 Å². The second kappa shape index (κ2) is 9.66. The number of rotatable bonds is 4. The molecule has 2 aromatic rings. The Balaban J connectivity index is 1.37. The van der Waals surface area contributed by atoms with E-state index in [1.54, 1.807) is 48.5 Å². The van der Waals surface area contributed by atoms with Crippen LogP contribution in [-0.2, 0) is 0 Å².